The van der Waals surface area contributed by atoms with Gasteiger partial charge in [-0.15, -0.1) is 0 Å². The molecule has 1 aromatic rings. The first-order valence-corrected chi connectivity index (χ1v) is 8.97. The van der Waals surface area contributed by atoms with E-state index in [9.17, 15) is 24.0 Å². The molecule has 2 heterocycles. The van der Waals surface area contributed by atoms with Crippen LogP contribution in [-0.2, 0) is 42.8 Å². The summed E-state index contributed by atoms with van der Waals surface area (Å²) < 4.78 is 31.7. The molecule has 1 aliphatic heterocycles. The van der Waals surface area contributed by atoms with Gasteiger partial charge in [-0.05, 0) is 0 Å². The summed E-state index contributed by atoms with van der Waals surface area (Å²) in [5.74, 6) is -3.95. The fourth-order valence-corrected chi connectivity index (χ4v) is 3.02. The standard InChI is InChI=1S/C18H22N2O11/c1-8(21)28-6-11-14(29-9(2)22)15(30-10(3)23)16(31-11)20-7-19-12(17(24)26-4)13(20)18(25)27-5/h7,11,14-16H,6H2,1-5H3. The highest BCUT2D eigenvalue weighted by Gasteiger charge is 2.51. The Hall–Kier alpha value is -3.48. The van der Waals surface area contributed by atoms with E-state index >= 15 is 0 Å². The highest BCUT2D eigenvalue weighted by Crippen LogP contribution is 2.36. The number of methoxy groups -OCH3 is 2. The van der Waals surface area contributed by atoms with Crippen molar-refractivity contribution in [2.24, 2.45) is 0 Å². The molecule has 0 amide bonds. The van der Waals surface area contributed by atoms with Crippen molar-refractivity contribution in [3.05, 3.63) is 17.7 Å². The minimum absolute atomic E-state index is 0.340. The van der Waals surface area contributed by atoms with Crippen molar-refractivity contribution in [2.75, 3.05) is 20.8 Å². The van der Waals surface area contributed by atoms with Crippen molar-refractivity contribution in [1.82, 2.24) is 9.55 Å². The molecule has 13 nitrogen and oxygen atoms in total. The fraction of sp³-hybridized carbons (Fsp3) is 0.556. The zero-order chi connectivity index (χ0) is 23.3. The van der Waals surface area contributed by atoms with Crippen molar-refractivity contribution < 1.29 is 52.4 Å². The van der Waals surface area contributed by atoms with Crippen LogP contribution in [0.4, 0.5) is 0 Å². The third-order valence-corrected chi connectivity index (χ3v) is 4.17. The number of aromatic nitrogens is 2. The lowest BCUT2D eigenvalue weighted by Crippen LogP contribution is -2.40. The van der Waals surface area contributed by atoms with Crippen molar-refractivity contribution in [3.8, 4) is 0 Å². The summed E-state index contributed by atoms with van der Waals surface area (Å²) in [6, 6.07) is 0. The van der Waals surface area contributed by atoms with Crippen LogP contribution in [0.3, 0.4) is 0 Å². The quantitative estimate of drug-likeness (QED) is 0.404. The number of carbonyl (C=O) groups is 5. The summed E-state index contributed by atoms with van der Waals surface area (Å²) in [4.78, 5) is 62.9. The molecule has 0 saturated carbocycles. The SMILES string of the molecule is COC(=O)c1ncn(C2OC(COC(C)=O)C(OC(C)=O)C2OC(C)=O)c1C(=O)OC. The first-order valence-electron chi connectivity index (χ1n) is 8.97. The molecule has 0 bridgehead atoms. The van der Waals surface area contributed by atoms with Gasteiger partial charge in [0.1, 0.15) is 12.7 Å². The maximum Gasteiger partial charge on any atom is 0.359 e. The Balaban J connectivity index is 2.55. The Kier molecular flexibility index (Phi) is 7.69. The van der Waals surface area contributed by atoms with E-state index in [1.165, 1.54) is 6.92 Å². The van der Waals surface area contributed by atoms with Crippen LogP contribution in [0.15, 0.2) is 6.33 Å². The molecule has 1 fully saturated rings. The molecule has 170 valence electrons. The summed E-state index contributed by atoms with van der Waals surface area (Å²) >= 11 is 0. The second-order valence-corrected chi connectivity index (χ2v) is 6.35. The number of hydrogen-bond acceptors (Lipinski definition) is 12. The summed E-state index contributed by atoms with van der Waals surface area (Å²) in [6.07, 6.45) is -3.73. The van der Waals surface area contributed by atoms with Crippen molar-refractivity contribution in [2.45, 2.75) is 45.3 Å². The third-order valence-electron chi connectivity index (χ3n) is 4.17. The van der Waals surface area contributed by atoms with Gasteiger partial charge in [0.05, 0.1) is 20.5 Å². The van der Waals surface area contributed by atoms with E-state index in [2.05, 4.69) is 9.72 Å². The Bertz CT molecular complexity index is 878. The molecular weight excluding hydrogens is 420 g/mol. The van der Waals surface area contributed by atoms with Crippen molar-refractivity contribution in [1.29, 1.82) is 0 Å². The van der Waals surface area contributed by atoms with Gasteiger partial charge in [0.2, 0.25) is 0 Å². The largest absolute Gasteiger partial charge is 0.464 e. The predicted molar refractivity (Wildman–Crippen MR) is 96.6 cm³/mol. The first-order chi connectivity index (χ1) is 14.6. The number of hydrogen-bond donors (Lipinski definition) is 0. The van der Waals surface area contributed by atoms with Crippen LogP contribution in [0.5, 0.6) is 0 Å². The molecule has 31 heavy (non-hydrogen) atoms. The molecule has 0 aliphatic carbocycles. The molecule has 2 rings (SSSR count). The Morgan fingerprint density at radius 1 is 0.935 bits per heavy atom. The average molecular weight is 442 g/mol. The van der Waals surface area contributed by atoms with E-state index in [-0.39, 0.29) is 18.0 Å². The van der Waals surface area contributed by atoms with Gasteiger partial charge >= 0.3 is 29.8 Å². The van der Waals surface area contributed by atoms with Crippen LogP contribution in [0, 0.1) is 0 Å². The molecular formula is C18H22N2O11. The van der Waals surface area contributed by atoms with Crippen LogP contribution >= 0.6 is 0 Å². The minimum atomic E-state index is -1.28. The Morgan fingerprint density at radius 3 is 2.03 bits per heavy atom. The second-order valence-electron chi connectivity index (χ2n) is 6.35. The van der Waals surface area contributed by atoms with Crippen molar-refractivity contribution >= 4 is 29.8 Å². The van der Waals surface area contributed by atoms with E-state index in [4.69, 9.17) is 23.7 Å². The normalized spacial score (nSPS) is 22.4. The lowest BCUT2D eigenvalue weighted by atomic mass is 10.1. The molecule has 0 N–H and O–H groups in total. The van der Waals surface area contributed by atoms with Gasteiger partial charge in [-0.25, -0.2) is 14.6 Å². The summed E-state index contributed by atoms with van der Waals surface area (Å²) in [5.41, 5.74) is -0.710. The zero-order valence-electron chi connectivity index (χ0n) is 17.5. The molecule has 1 saturated heterocycles. The second kappa shape index (κ2) is 10.0. The predicted octanol–water partition coefficient (Wildman–Crippen LogP) is -0.220. The lowest BCUT2D eigenvalue weighted by Gasteiger charge is -2.24. The number of nitrogens with zero attached hydrogens (tertiary/aromatic N) is 2. The summed E-state index contributed by atoms with van der Waals surface area (Å²) in [6.45, 7) is 3.09. The van der Waals surface area contributed by atoms with Crippen LogP contribution < -0.4 is 0 Å². The van der Waals surface area contributed by atoms with Crippen LogP contribution in [0.25, 0.3) is 0 Å². The number of carbonyl (C=O) groups excluding carboxylic acids is 5. The highest BCUT2D eigenvalue weighted by atomic mass is 16.7. The molecule has 4 atom stereocenters. The molecule has 0 spiro atoms. The van der Waals surface area contributed by atoms with Crippen LogP contribution in [-0.4, -0.2) is 78.5 Å². The fourth-order valence-electron chi connectivity index (χ4n) is 3.02. The van der Waals surface area contributed by atoms with Crippen LogP contribution in [0.1, 0.15) is 48.0 Å². The van der Waals surface area contributed by atoms with Crippen LogP contribution in [0.2, 0.25) is 0 Å². The molecule has 0 radical (unpaired) electrons. The van der Waals surface area contributed by atoms with Crippen molar-refractivity contribution in [3.63, 3.8) is 0 Å². The van der Waals surface area contributed by atoms with Gasteiger partial charge < -0.3 is 28.4 Å². The maximum absolute atomic E-state index is 12.4. The monoisotopic (exact) mass is 442 g/mol. The smallest absolute Gasteiger partial charge is 0.359 e. The van der Waals surface area contributed by atoms with Gasteiger partial charge in [0, 0.05) is 20.8 Å². The average Bonchev–Trinajstić information content (AvgIpc) is 3.26. The molecule has 0 aromatic carbocycles. The maximum atomic E-state index is 12.4. The first kappa shape index (κ1) is 23.8. The van der Waals surface area contributed by atoms with E-state index in [1.807, 2.05) is 0 Å². The van der Waals surface area contributed by atoms with Gasteiger partial charge in [-0.2, -0.15) is 0 Å². The Morgan fingerprint density at radius 2 is 1.52 bits per heavy atom. The number of ether oxygens (including phenoxy) is 6. The third kappa shape index (κ3) is 5.36. The lowest BCUT2D eigenvalue weighted by molar-refractivity contribution is -0.166. The molecule has 1 aromatic heterocycles. The molecule has 13 heteroatoms. The topological polar surface area (TPSA) is 159 Å². The van der Waals surface area contributed by atoms with Gasteiger partial charge in [0.15, 0.2) is 29.8 Å². The van der Waals surface area contributed by atoms with E-state index in [0.717, 1.165) is 39.0 Å². The number of esters is 5. The van der Waals surface area contributed by atoms with E-state index in [0.29, 0.717) is 0 Å². The van der Waals surface area contributed by atoms with Gasteiger partial charge in [-0.1, -0.05) is 0 Å². The Labute approximate surface area is 176 Å². The summed E-state index contributed by atoms with van der Waals surface area (Å²) in [5, 5.41) is 0. The van der Waals surface area contributed by atoms with Gasteiger partial charge in [-0.3, -0.25) is 19.0 Å². The van der Waals surface area contributed by atoms with E-state index < -0.39 is 54.4 Å². The number of rotatable bonds is 7. The molecule has 1 aliphatic rings. The summed E-state index contributed by atoms with van der Waals surface area (Å²) in [7, 11) is 2.19. The molecule has 4 unspecified atom stereocenters. The zero-order valence-corrected chi connectivity index (χ0v) is 17.5. The number of imidazole rings is 1. The van der Waals surface area contributed by atoms with Gasteiger partial charge in [0.25, 0.3) is 0 Å². The van der Waals surface area contributed by atoms with E-state index in [1.54, 1.807) is 0 Å². The minimum Gasteiger partial charge on any atom is -0.464 e. The highest BCUT2D eigenvalue weighted by molar-refractivity contribution is 6.00.